The molecule has 1 N–H and O–H groups in total. The van der Waals surface area contributed by atoms with E-state index in [0.29, 0.717) is 29.8 Å². The van der Waals surface area contributed by atoms with Crippen LogP contribution in [-0.2, 0) is 18.3 Å². The highest BCUT2D eigenvalue weighted by Crippen LogP contribution is 2.38. The number of hydrogen-bond donors (Lipinski definition) is 1. The Kier molecular flexibility index (Phi) is 3.89. The Bertz CT molecular complexity index is 861. The Balaban J connectivity index is 1.32. The fraction of sp³-hybridized carbons (Fsp3) is 0.375. The monoisotopic (exact) mass is 343 g/mol. The molecule has 8 heteroatoms. The van der Waals surface area contributed by atoms with Gasteiger partial charge in [0.05, 0.1) is 11.4 Å². The minimum absolute atomic E-state index is 0.103. The molecule has 1 aliphatic rings. The van der Waals surface area contributed by atoms with E-state index in [-0.39, 0.29) is 5.91 Å². The first-order valence-electron chi connectivity index (χ1n) is 7.88. The summed E-state index contributed by atoms with van der Waals surface area (Å²) in [6.07, 6.45) is 4.97. The van der Waals surface area contributed by atoms with Crippen LogP contribution in [0.2, 0.25) is 0 Å². The van der Waals surface area contributed by atoms with E-state index in [0.717, 1.165) is 30.1 Å². The lowest BCUT2D eigenvalue weighted by atomic mass is 10.3. The van der Waals surface area contributed by atoms with Crippen molar-refractivity contribution in [1.82, 2.24) is 19.7 Å². The van der Waals surface area contributed by atoms with Gasteiger partial charge in [0.1, 0.15) is 0 Å². The molecule has 0 unspecified atom stereocenters. The van der Waals surface area contributed by atoms with E-state index in [1.54, 1.807) is 0 Å². The van der Waals surface area contributed by atoms with Gasteiger partial charge in [0, 0.05) is 37.4 Å². The standard InChI is InChI=1S/C16H17N5O2S/c1-21-8-2-3-12(21)11-9-24-16(17-11)18-13(22)6-7-14-19-15(20-23-14)10-4-5-10/h2-3,8-10H,4-7H2,1H3,(H,17,18,22). The van der Waals surface area contributed by atoms with Gasteiger partial charge < -0.3 is 14.4 Å². The van der Waals surface area contributed by atoms with E-state index in [9.17, 15) is 4.79 Å². The van der Waals surface area contributed by atoms with Crippen LogP contribution >= 0.6 is 11.3 Å². The lowest BCUT2D eigenvalue weighted by molar-refractivity contribution is -0.116. The highest BCUT2D eigenvalue weighted by molar-refractivity contribution is 7.14. The van der Waals surface area contributed by atoms with Gasteiger partial charge in [-0.25, -0.2) is 4.98 Å². The van der Waals surface area contributed by atoms with E-state index in [1.165, 1.54) is 11.3 Å². The van der Waals surface area contributed by atoms with Gasteiger partial charge in [0.25, 0.3) is 0 Å². The molecule has 0 spiro atoms. The smallest absolute Gasteiger partial charge is 0.227 e. The third-order valence-electron chi connectivity index (χ3n) is 3.95. The largest absolute Gasteiger partial charge is 0.349 e. The lowest BCUT2D eigenvalue weighted by Crippen LogP contribution is -2.12. The Morgan fingerprint density at radius 1 is 1.46 bits per heavy atom. The first-order chi connectivity index (χ1) is 11.7. The van der Waals surface area contributed by atoms with Crippen molar-refractivity contribution >= 4 is 22.4 Å². The van der Waals surface area contributed by atoms with E-state index >= 15 is 0 Å². The maximum Gasteiger partial charge on any atom is 0.227 e. The highest BCUT2D eigenvalue weighted by Gasteiger charge is 2.28. The van der Waals surface area contributed by atoms with Gasteiger partial charge >= 0.3 is 0 Å². The van der Waals surface area contributed by atoms with Crippen molar-refractivity contribution in [3.63, 3.8) is 0 Å². The summed E-state index contributed by atoms with van der Waals surface area (Å²) in [5.41, 5.74) is 1.87. The number of nitrogens with zero attached hydrogens (tertiary/aromatic N) is 4. The molecule has 1 saturated carbocycles. The molecule has 7 nitrogen and oxygen atoms in total. The lowest BCUT2D eigenvalue weighted by Gasteiger charge is -2.00. The highest BCUT2D eigenvalue weighted by atomic mass is 32.1. The molecule has 3 aromatic heterocycles. The van der Waals surface area contributed by atoms with Gasteiger partial charge in [-0.05, 0) is 25.0 Å². The maximum absolute atomic E-state index is 12.1. The second kappa shape index (κ2) is 6.20. The number of carbonyl (C=O) groups is 1. The quantitative estimate of drug-likeness (QED) is 0.743. The number of aromatic nitrogens is 4. The van der Waals surface area contributed by atoms with E-state index in [4.69, 9.17) is 4.52 Å². The molecule has 1 aliphatic carbocycles. The maximum atomic E-state index is 12.1. The fourth-order valence-corrected chi connectivity index (χ4v) is 3.18. The molecular weight excluding hydrogens is 326 g/mol. The number of carbonyl (C=O) groups excluding carboxylic acids is 1. The first kappa shape index (κ1) is 15.1. The zero-order valence-corrected chi connectivity index (χ0v) is 14.0. The van der Waals surface area contributed by atoms with Gasteiger partial charge in [0.2, 0.25) is 11.8 Å². The molecule has 4 rings (SSSR count). The van der Waals surface area contributed by atoms with Crippen molar-refractivity contribution in [1.29, 1.82) is 0 Å². The van der Waals surface area contributed by atoms with Crippen molar-refractivity contribution in [2.45, 2.75) is 31.6 Å². The predicted molar refractivity (Wildman–Crippen MR) is 89.7 cm³/mol. The first-order valence-corrected chi connectivity index (χ1v) is 8.76. The molecular formula is C16H17N5O2S. The molecule has 124 valence electrons. The van der Waals surface area contributed by atoms with Crippen molar-refractivity contribution in [2.75, 3.05) is 5.32 Å². The second-order valence-electron chi connectivity index (χ2n) is 5.91. The van der Waals surface area contributed by atoms with E-state index < -0.39 is 0 Å². The van der Waals surface area contributed by atoms with Crippen molar-refractivity contribution in [3.05, 3.63) is 35.4 Å². The third-order valence-corrected chi connectivity index (χ3v) is 4.71. The summed E-state index contributed by atoms with van der Waals surface area (Å²) in [7, 11) is 1.97. The summed E-state index contributed by atoms with van der Waals surface area (Å²) in [6, 6.07) is 3.96. The average Bonchev–Trinajstić information content (AvgIpc) is 2.97. The predicted octanol–water partition coefficient (Wildman–Crippen LogP) is 2.98. The van der Waals surface area contributed by atoms with Crippen LogP contribution in [0.3, 0.4) is 0 Å². The molecule has 1 fully saturated rings. The minimum atomic E-state index is -0.103. The topological polar surface area (TPSA) is 85.8 Å². The molecule has 0 aliphatic heterocycles. The van der Waals surface area contributed by atoms with Gasteiger partial charge in [0.15, 0.2) is 11.0 Å². The van der Waals surface area contributed by atoms with Gasteiger partial charge in [-0.1, -0.05) is 5.16 Å². The summed E-state index contributed by atoms with van der Waals surface area (Å²) < 4.78 is 7.17. The summed E-state index contributed by atoms with van der Waals surface area (Å²) in [5, 5.41) is 9.31. The molecule has 0 saturated heterocycles. The van der Waals surface area contributed by atoms with E-state index in [1.807, 2.05) is 35.3 Å². The van der Waals surface area contributed by atoms with Crippen LogP contribution in [0.1, 0.15) is 36.9 Å². The SMILES string of the molecule is Cn1cccc1-c1csc(NC(=O)CCc2nc(C3CC3)no2)n1. The molecule has 24 heavy (non-hydrogen) atoms. The Morgan fingerprint density at radius 3 is 3.08 bits per heavy atom. The minimum Gasteiger partial charge on any atom is -0.349 e. The number of anilines is 1. The Hall–Kier alpha value is -2.48. The van der Waals surface area contributed by atoms with Crippen LogP contribution in [0.25, 0.3) is 11.4 Å². The number of thiazole rings is 1. The van der Waals surface area contributed by atoms with E-state index in [2.05, 4.69) is 20.4 Å². The van der Waals surface area contributed by atoms with Crippen LogP contribution in [0, 0.1) is 0 Å². The zero-order chi connectivity index (χ0) is 16.5. The van der Waals surface area contributed by atoms with Crippen LogP contribution in [0.4, 0.5) is 5.13 Å². The number of aryl methyl sites for hydroxylation is 2. The molecule has 1 amide bonds. The number of amides is 1. The van der Waals surface area contributed by atoms with Crippen LogP contribution in [0.5, 0.6) is 0 Å². The van der Waals surface area contributed by atoms with Gasteiger partial charge in [-0.2, -0.15) is 4.98 Å². The second-order valence-corrected chi connectivity index (χ2v) is 6.77. The molecule has 0 aromatic carbocycles. The van der Waals surface area contributed by atoms with Crippen molar-refractivity contribution in [3.8, 4) is 11.4 Å². The molecule has 3 aromatic rings. The van der Waals surface area contributed by atoms with Crippen molar-refractivity contribution in [2.24, 2.45) is 7.05 Å². The number of nitrogens with one attached hydrogen (secondary N) is 1. The van der Waals surface area contributed by atoms with Gasteiger partial charge in [-0.3, -0.25) is 4.79 Å². The summed E-state index contributed by atoms with van der Waals surface area (Å²) in [5.74, 6) is 1.66. The Morgan fingerprint density at radius 2 is 2.33 bits per heavy atom. The van der Waals surface area contributed by atoms with Gasteiger partial charge in [-0.15, -0.1) is 11.3 Å². The molecule has 3 heterocycles. The van der Waals surface area contributed by atoms with Crippen LogP contribution in [-0.4, -0.2) is 25.6 Å². The van der Waals surface area contributed by atoms with Crippen LogP contribution < -0.4 is 5.32 Å². The number of rotatable bonds is 6. The third kappa shape index (κ3) is 3.23. The molecule has 0 bridgehead atoms. The summed E-state index contributed by atoms with van der Waals surface area (Å²) >= 11 is 1.41. The average molecular weight is 343 g/mol. The molecule has 0 atom stereocenters. The Labute approximate surface area is 142 Å². The van der Waals surface area contributed by atoms with Crippen LogP contribution in [0.15, 0.2) is 28.2 Å². The van der Waals surface area contributed by atoms with Crippen molar-refractivity contribution < 1.29 is 9.32 Å². The zero-order valence-electron chi connectivity index (χ0n) is 13.2. The summed E-state index contributed by atoms with van der Waals surface area (Å²) in [6.45, 7) is 0. The molecule has 0 radical (unpaired) electrons. The normalized spacial score (nSPS) is 14.0. The fourth-order valence-electron chi connectivity index (χ4n) is 2.46. The summed E-state index contributed by atoms with van der Waals surface area (Å²) in [4.78, 5) is 20.8. The number of hydrogen-bond acceptors (Lipinski definition) is 6.